The summed E-state index contributed by atoms with van der Waals surface area (Å²) in [6.07, 6.45) is 1.63. The highest BCUT2D eigenvalue weighted by Crippen LogP contribution is 2.31. The Balaban J connectivity index is 2.05. The Labute approximate surface area is 129 Å². The summed E-state index contributed by atoms with van der Waals surface area (Å²) in [7, 11) is -1.60. The second-order valence-corrected chi connectivity index (χ2v) is 6.09. The van der Waals surface area contributed by atoms with Crippen molar-refractivity contribution in [2.75, 3.05) is 13.2 Å². The van der Waals surface area contributed by atoms with E-state index in [1.807, 2.05) is 18.2 Å². The van der Waals surface area contributed by atoms with Crippen molar-refractivity contribution in [3.05, 3.63) is 54.5 Å². The van der Waals surface area contributed by atoms with E-state index in [1.165, 1.54) is 12.1 Å². The van der Waals surface area contributed by atoms with Crippen LogP contribution in [0.15, 0.2) is 58.5 Å². The van der Waals surface area contributed by atoms with E-state index in [9.17, 15) is 8.60 Å². The number of ether oxygens (including phenoxy) is 1. The monoisotopic (exact) mass is 318 g/mol. The molecular weight excluding hydrogens is 303 g/mol. The van der Waals surface area contributed by atoms with Crippen LogP contribution in [0.2, 0.25) is 0 Å². The maximum atomic E-state index is 13.8. The molecule has 0 aliphatic rings. The molecule has 1 aromatic heterocycles. The number of hydrogen-bond donors (Lipinski definition) is 2. The van der Waals surface area contributed by atoms with Gasteiger partial charge in [-0.1, -0.05) is 24.3 Å². The molecule has 4 nitrogen and oxygen atoms in total. The van der Waals surface area contributed by atoms with Crippen molar-refractivity contribution in [1.29, 1.82) is 0 Å². The molecule has 3 N–H and O–H groups in total. The fourth-order valence-corrected chi connectivity index (χ4v) is 3.48. The number of benzene rings is 2. The van der Waals surface area contributed by atoms with Crippen LogP contribution in [-0.4, -0.2) is 22.3 Å². The molecule has 3 aromatic rings. The van der Waals surface area contributed by atoms with E-state index in [0.29, 0.717) is 23.8 Å². The molecule has 0 bridgehead atoms. The number of rotatable bonds is 5. The molecule has 1 unspecified atom stereocenters. The SMILES string of the molecule is NCCOc1cccc2c(S(=O)c3ccccc3F)c[nH]c12. The first kappa shape index (κ1) is 14.7. The van der Waals surface area contributed by atoms with Gasteiger partial charge in [0.15, 0.2) is 0 Å². The molecule has 2 aromatic carbocycles. The smallest absolute Gasteiger partial charge is 0.143 e. The van der Waals surface area contributed by atoms with Gasteiger partial charge in [-0.25, -0.2) is 8.60 Å². The minimum absolute atomic E-state index is 0.164. The lowest BCUT2D eigenvalue weighted by molar-refractivity contribution is 0.331. The zero-order chi connectivity index (χ0) is 15.5. The number of halogens is 1. The fourth-order valence-electron chi connectivity index (χ4n) is 2.26. The van der Waals surface area contributed by atoms with Gasteiger partial charge in [-0.2, -0.15) is 0 Å². The van der Waals surface area contributed by atoms with Gasteiger partial charge in [0.1, 0.15) is 18.2 Å². The van der Waals surface area contributed by atoms with Gasteiger partial charge in [0.05, 0.1) is 26.1 Å². The Bertz CT molecular complexity index is 832. The van der Waals surface area contributed by atoms with Gasteiger partial charge in [0.2, 0.25) is 0 Å². The van der Waals surface area contributed by atoms with Crippen molar-refractivity contribution in [2.45, 2.75) is 9.79 Å². The number of H-pyrrole nitrogens is 1. The van der Waals surface area contributed by atoms with E-state index in [4.69, 9.17) is 10.5 Å². The van der Waals surface area contributed by atoms with Crippen LogP contribution in [0.4, 0.5) is 4.39 Å². The van der Waals surface area contributed by atoms with Crippen LogP contribution in [0.25, 0.3) is 10.9 Å². The third-order valence-corrected chi connectivity index (χ3v) is 4.72. The molecule has 114 valence electrons. The van der Waals surface area contributed by atoms with Gasteiger partial charge in [0.25, 0.3) is 0 Å². The third kappa shape index (κ3) is 2.63. The van der Waals surface area contributed by atoms with Crippen LogP contribution < -0.4 is 10.5 Å². The summed E-state index contributed by atoms with van der Waals surface area (Å²) < 4.78 is 32.1. The summed E-state index contributed by atoms with van der Waals surface area (Å²) in [6, 6.07) is 11.5. The Morgan fingerprint density at radius 2 is 1.95 bits per heavy atom. The predicted molar refractivity (Wildman–Crippen MR) is 83.9 cm³/mol. The lowest BCUT2D eigenvalue weighted by atomic mass is 10.2. The quantitative estimate of drug-likeness (QED) is 0.760. The molecule has 0 saturated carbocycles. The first-order valence-corrected chi connectivity index (χ1v) is 7.96. The van der Waals surface area contributed by atoms with E-state index in [1.54, 1.807) is 18.3 Å². The zero-order valence-corrected chi connectivity index (χ0v) is 12.5. The first-order valence-electron chi connectivity index (χ1n) is 6.81. The van der Waals surface area contributed by atoms with Crippen LogP contribution in [-0.2, 0) is 10.8 Å². The number of nitrogens with two attached hydrogens (primary N) is 1. The van der Waals surface area contributed by atoms with Gasteiger partial charge < -0.3 is 15.5 Å². The highest BCUT2D eigenvalue weighted by molar-refractivity contribution is 7.85. The second kappa shape index (κ2) is 6.29. The predicted octanol–water partition coefficient (Wildman–Crippen LogP) is 2.81. The van der Waals surface area contributed by atoms with Gasteiger partial charge in [-0.3, -0.25) is 0 Å². The van der Waals surface area contributed by atoms with Gasteiger partial charge in [-0.15, -0.1) is 0 Å². The van der Waals surface area contributed by atoms with Crippen molar-refractivity contribution in [3.8, 4) is 5.75 Å². The zero-order valence-electron chi connectivity index (χ0n) is 11.7. The molecule has 3 rings (SSSR count). The third-order valence-electron chi connectivity index (χ3n) is 3.25. The maximum absolute atomic E-state index is 13.8. The average Bonchev–Trinajstić information content (AvgIpc) is 2.97. The molecule has 0 saturated heterocycles. The number of para-hydroxylation sites is 1. The van der Waals surface area contributed by atoms with Crippen LogP contribution >= 0.6 is 0 Å². The second-order valence-electron chi connectivity index (χ2n) is 4.67. The molecule has 1 atom stereocenters. The number of aromatic nitrogens is 1. The highest BCUT2D eigenvalue weighted by Gasteiger charge is 2.17. The van der Waals surface area contributed by atoms with Crippen molar-refractivity contribution < 1.29 is 13.3 Å². The normalized spacial score (nSPS) is 12.5. The molecule has 0 spiro atoms. The Morgan fingerprint density at radius 3 is 2.73 bits per heavy atom. The molecule has 0 amide bonds. The van der Waals surface area contributed by atoms with Crippen LogP contribution in [0, 0.1) is 5.82 Å². The van der Waals surface area contributed by atoms with Crippen LogP contribution in [0.1, 0.15) is 0 Å². The summed E-state index contributed by atoms with van der Waals surface area (Å²) >= 11 is 0. The molecule has 0 fully saturated rings. The summed E-state index contributed by atoms with van der Waals surface area (Å²) in [5.41, 5.74) is 6.17. The minimum atomic E-state index is -1.60. The molecular formula is C16H15FN2O2S. The molecule has 1 heterocycles. The molecule has 22 heavy (non-hydrogen) atoms. The van der Waals surface area contributed by atoms with Crippen molar-refractivity contribution >= 4 is 21.7 Å². The Hall–Kier alpha value is -2.18. The van der Waals surface area contributed by atoms with E-state index in [-0.39, 0.29) is 4.90 Å². The van der Waals surface area contributed by atoms with E-state index in [2.05, 4.69) is 4.98 Å². The minimum Gasteiger partial charge on any atom is -0.490 e. The van der Waals surface area contributed by atoms with Crippen molar-refractivity contribution in [3.63, 3.8) is 0 Å². The van der Waals surface area contributed by atoms with Gasteiger partial charge in [-0.05, 0) is 18.2 Å². The molecule has 0 radical (unpaired) electrons. The summed E-state index contributed by atoms with van der Waals surface area (Å²) in [6.45, 7) is 0.801. The van der Waals surface area contributed by atoms with Crippen LogP contribution in [0.3, 0.4) is 0 Å². The topological polar surface area (TPSA) is 68.1 Å². The van der Waals surface area contributed by atoms with Crippen LogP contribution in [0.5, 0.6) is 5.75 Å². The van der Waals surface area contributed by atoms with E-state index in [0.717, 1.165) is 10.9 Å². The molecule has 0 aliphatic carbocycles. The summed E-state index contributed by atoms with van der Waals surface area (Å²) in [5.74, 6) is 0.158. The lowest BCUT2D eigenvalue weighted by Gasteiger charge is -2.06. The van der Waals surface area contributed by atoms with Crippen molar-refractivity contribution in [2.24, 2.45) is 5.73 Å². The number of fused-ring (bicyclic) bond motifs is 1. The average molecular weight is 318 g/mol. The largest absolute Gasteiger partial charge is 0.490 e. The van der Waals surface area contributed by atoms with E-state index < -0.39 is 16.6 Å². The summed E-state index contributed by atoms with van der Waals surface area (Å²) in [5, 5.41) is 0.746. The van der Waals surface area contributed by atoms with E-state index >= 15 is 0 Å². The number of nitrogens with one attached hydrogen (secondary N) is 1. The number of hydrogen-bond acceptors (Lipinski definition) is 3. The Kier molecular flexibility index (Phi) is 4.22. The van der Waals surface area contributed by atoms with Gasteiger partial charge in [0, 0.05) is 18.1 Å². The highest BCUT2D eigenvalue weighted by atomic mass is 32.2. The standard InChI is InChI=1S/C16H15FN2O2S/c17-12-5-1-2-7-14(12)22(20)15-10-19-16-11(15)4-3-6-13(16)21-9-8-18/h1-7,10,19H,8-9,18H2. The number of aromatic amines is 1. The van der Waals surface area contributed by atoms with Gasteiger partial charge >= 0.3 is 0 Å². The van der Waals surface area contributed by atoms with Crippen molar-refractivity contribution in [1.82, 2.24) is 4.98 Å². The maximum Gasteiger partial charge on any atom is 0.143 e. The Morgan fingerprint density at radius 1 is 1.14 bits per heavy atom. The lowest BCUT2D eigenvalue weighted by Crippen LogP contribution is -2.10. The molecule has 6 heteroatoms. The summed E-state index contributed by atoms with van der Waals surface area (Å²) in [4.78, 5) is 3.74. The molecule has 0 aliphatic heterocycles. The fraction of sp³-hybridized carbons (Fsp3) is 0.125. The first-order chi connectivity index (χ1) is 10.7.